The molecule has 0 aliphatic heterocycles. The minimum absolute atomic E-state index is 0.170. The summed E-state index contributed by atoms with van der Waals surface area (Å²) < 4.78 is 0. The van der Waals surface area contributed by atoms with E-state index in [9.17, 15) is 0 Å². The van der Waals surface area contributed by atoms with Crippen molar-refractivity contribution >= 4 is 35.0 Å². The Labute approximate surface area is 140 Å². The highest BCUT2D eigenvalue weighted by Crippen LogP contribution is 2.35. The van der Waals surface area contributed by atoms with Crippen LogP contribution in [-0.4, -0.2) is 6.04 Å². The molecule has 1 nitrogen and oxygen atoms in total. The molecule has 0 saturated heterocycles. The zero-order chi connectivity index (χ0) is 15.2. The van der Waals surface area contributed by atoms with Gasteiger partial charge in [-0.15, -0.1) is 11.8 Å². The molecule has 2 rings (SSSR count). The third-order valence-electron chi connectivity index (χ3n) is 3.38. The van der Waals surface area contributed by atoms with Crippen molar-refractivity contribution in [1.82, 2.24) is 0 Å². The Morgan fingerprint density at radius 1 is 1.00 bits per heavy atom. The van der Waals surface area contributed by atoms with Gasteiger partial charge in [0.15, 0.2) is 0 Å². The highest BCUT2D eigenvalue weighted by Gasteiger charge is 2.11. The highest BCUT2D eigenvalue weighted by molar-refractivity contribution is 7.98. The van der Waals surface area contributed by atoms with Gasteiger partial charge in [0.25, 0.3) is 0 Å². The van der Waals surface area contributed by atoms with E-state index in [1.807, 2.05) is 36.4 Å². The molecule has 0 bridgehead atoms. The molecule has 2 aromatic carbocycles. The van der Waals surface area contributed by atoms with Gasteiger partial charge in [-0.3, -0.25) is 0 Å². The van der Waals surface area contributed by atoms with Crippen LogP contribution in [0.2, 0.25) is 10.0 Å². The largest absolute Gasteiger partial charge is 0.327 e. The summed E-state index contributed by atoms with van der Waals surface area (Å²) in [5, 5.41) is 1.58. The molecule has 2 aromatic rings. The van der Waals surface area contributed by atoms with Gasteiger partial charge in [0.2, 0.25) is 0 Å². The lowest BCUT2D eigenvalue weighted by Crippen LogP contribution is -2.21. The summed E-state index contributed by atoms with van der Waals surface area (Å²) in [4.78, 5) is 1.11. The van der Waals surface area contributed by atoms with Gasteiger partial charge in [-0.2, -0.15) is 0 Å². The van der Waals surface area contributed by atoms with E-state index in [-0.39, 0.29) is 6.04 Å². The molecule has 0 aliphatic carbocycles. The van der Waals surface area contributed by atoms with Gasteiger partial charge in [0.05, 0.1) is 5.02 Å². The first kappa shape index (κ1) is 16.7. The summed E-state index contributed by atoms with van der Waals surface area (Å²) >= 11 is 14.3. The van der Waals surface area contributed by atoms with Crippen LogP contribution in [0.4, 0.5) is 0 Å². The molecule has 0 heterocycles. The standard InChI is InChI=1S/C17H19Cl2NS/c1-2-14(20)10-12-7-5-9-16(19)17(12)21-11-13-6-3-4-8-15(13)18/h3-9,14H,2,10-11,20H2,1H3. The Balaban J connectivity index is 2.17. The maximum absolute atomic E-state index is 6.37. The highest BCUT2D eigenvalue weighted by atomic mass is 35.5. The molecule has 4 heteroatoms. The van der Waals surface area contributed by atoms with Crippen molar-refractivity contribution in [3.63, 3.8) is 0 Å². The molecule has 0 amide bonds. The first-order valence-corrected chi connectivity index (χ1v) is 8.75. The average Bonchev–Trinajstić information content (AvgIpc) is 2.48. The normalized spacial score (nSPS) is 12.4. The second-order valence-corrected chi connectivity index (χ2v) is 6.78. The van der Waals surface area contributed by atoms with E-state index in [4.69, 9.17) is 28.9 Å². The minimum atomic E-state index is 0.170. The van der Waals surface area contributed by atoms with E-state index in [1.54, 1.807) is 11.8 Å². The second kappa shape index (κ2) is 8.09. The predicted octanol–water partition coefficient (Wildman–Crippen LogP) is 5.57. The molecular formula is C17H19Cl2NS. The van der Waals surface area contributed by atoms with Gasteiger partial charge < -0.3 is 5.73 Å². The molecule has 0 aliphatic rings. The van der Waals surface area contributed by atoms with Crippen LogP contribution in [0.25, 0.3) is 0 Å². The first-order chi connectivity index (χ1) is 10.1. The summed E-state index contributed by atoms with van der Waals surface area (Å²) in [5.41, 5.74) is 8.42. The van der Waals surface area contributed by atoms with Gasteiger partial charge in [-0.25, -0.2) is 0 Å². The third-order valence-corrected chi connectivity index (χ3v) is 5.41. The predicted molar refractivity (Wildman–Crippen MR) is 94.4 cm³/mol. The number of nitrogens with two attached hydrogens (primary N) is 1. The number of hydrogen-bond donors (Lipinski definition) is 1. The topological polar surface area (TPSA) is 26.0 Å². The maximum Gasteiger partial charge on any atom is 0.0544 e. The number of thioether (sulfide) groups is 1. The minimum Gasteiger partial charge on any atom is -0.327 e. The third kappa shape index (κ3) is 4.65. The van der Waals surface area contributed by atoms with Crippen LogP contribution in [0.1, 0.15) is 24.5 Å². The van der Waals surface area contributed by atoms with E-state index in [0.717, 1.165) is 39.1 Å². The smallest absolute Gasteiger partial charge is 0.0544 e. The van der Waals surface area contributed by atoms with Crippen LogP contribution in [-0.2, 0) is 12.2 Å². The fraction of sp³-hybridized carbons (Fsp3) is 0.294. The van der Waals surface area contributed by atoms with Crippen LogP contribution in [0.5, 0.6) is 0 Å². The summed E-state index contributed by atoms with van der Waals surface area (Å²) in [7, 11) is 0. The fourth-order valence-corrected chi connectivity index (χ4v) is 3.80. The van der Waals surface area contributed by atoms with Gasteiger partial charge in [0, 0.05) is 21.7 Å². The van der Waals surface area contributed by atoms with E-state index >= 15 is 0 Å². The van der Waals surface area contributed by atoms with Crippen molar-refractivity contribution in [1.29, 1.82) is 0 Å². The number of rotatable bonds is 6. The molecular weight excluding hydrogens is 321 g/mol. The Morgan fingerprint density at radius 2 is 1.67 bits per heavy atom. The van der Waals surface area contributed by atoms with Crippen molar-refractivity contribution in [2.45, 2.75) is 36.5 Å². The number of halogens is 2. The van der Waals surface area contributed by atoms with E-state index in [1.165, 1.54) is 5.56 Å². The van der Waals surface area contributed by atoms with E-state index in [0.29, 0.717) is 0 Å². The Kier molecular flexibility index (Phi) is 6.43. The molecule has 2 N–H and O–H groups in total. The average molecular weight is 340 g/mol. The summed E-state index contributed by atoms with van der Waals surface area (Å²) in [6.07, 6.45) is 1.81. The van der Waals surface area contributed by atoms with Crippen LogP contribution < -0.4 is 5.73 Å². The van der Waals surface area contributed by atoms with Crippen molar-refractivity contribution in [2.24, 2.45) is 5.73 Å². The van der Waals surface area contributed by atoms with Crippen LogP contribution >= 0.6 is 35.0 Å². The van der Waals surface area contributed by atoms with Gasteiger partial charge >= 0.3 is 0 Å². The number of benzene rings is 2. The molecule has 0 aromatic heterocycles. The first-order valence-electron chi connectivity index (χ1n) is 7.01. The molecule has 0 fully saturated rings. The Hall–Kier alpha value is -0.670. The van der Waals surface area contributed by atoms with Crippen LogP contribution in [0.15, 0.2) is 47.4 Å². The quantitative estimate of drug-likeness (QED) is 0.696. The molecule has 1 atom stereocenters. The molecule has 0 saturated carbocycles. The van der Waals surface area contributed by atoms with E-state index in [2.05, 4.69) is 13.0 Å². The Morgan fingerprint density at radius 3 is 2.38 bits per heavy atom. The van der Waals surface area contributed by atoms with Crippen molar-refractivity contribution < 1.29 is 0 Å². The maximum atomic E-state index is 6.37. The summed E-state index contributed by atoms with van der Waals surface area (Å²) in [5.74, 6) is 0.803. The Bertz CT molecular complexity index is 601. The van der Waals surface area contributed by atoms with Crippen molar-refractivity contribution in [2.75, 3.05) is 0 Å². The van der Waals surface area contributed by atoms with Gasteiger partial charge in [-0.1, -0.05) is 60.5 Å². The second-order valence-electron chi connectivity index (χ2n) is 4.98. The van der Waals surface area contributed by atoms with Crippen LogP contribution in [0.3, 0.4) is 0 Å². The lowest BCUT2D eigenvalue weighted by molar-refractivity contribution is 0.641. The lowest BCUT2D eigenvalue weighted by atomic mass is 10.0. The van der Waals surface area contributed by atoms with Gasteiger partial charge in [-0.05, 0) is 36.1 Å². The molecule has 21 heavy (non-hydrogen) atoms. The molecule has 0 spiro atoms. The lowest BCUT2D eigenvalue weighted by Gasteiger charge is -2.14. The zero-order valence-corrected chi connectivity index (χ0v) is 14.3. The van der Waals surface area contributed by atoms with Gasteiger partial charge in [0.1, 0.15) is 0 Å². The molecule has 0 radical (unpaired) electrons. The van der Waals surface area contributed by atoms with Crippen molar-refractivity contribution in [3.05, 3.63) is 63.6 Å². The fourth-order valence-electron chi connectivity index (χ4n) is 2.07. The zero-order valence-electron chi connectivity index (χ0n) is 12.0. The SMILES string of the molecule is CCC(N)Cc1cccc(Cl)c1SCc1ccccc1Cl. The summed E-state index contributed by atoms with van der Waals surface area (Å²) in [6, 6.07) is 14.1. The monoisotopic (exact) mass is 339 g/mol. The summed E-state index contributed by atoms with van der Waals surface area (Å²) in [6.45, 7) is 2.10. The number of hydrogen-bond acceptors (Lipinski definition) is 2. The van der Waals surface area contributed by atoms with E-state index < -0.39 is 0 Å². The molecule has 112 valence electrons. The van der Waals surface area contributed by atoms with Crippen molar-refractivity contribution in [3.8, 4) is 0 Å². The van der Waals surface area contributed by atoms with Crippen LogP contribution in [0, 0.1) is 0 Å². The molecule has 1 unspecified atom stereocenters.